The van der Waals surface area contributed by atoms with Crippen LogP contribution in [0.25, 0.3) is 11.4 Å². The second-order valence-corrected chi connectivity index (χ2v) is 4.62. The van der Waals surface area contributed by atoms with E-state index in [1.807, 2.05) is 0 Å². The Bertz CT molecular complexity index is 522. The molecule has 5 heteroatoms. The van der Waals surface area contributed by atoms with Gasteiger partial charge in [0, 0.05) is 3.57 Å². The summed E-state index contributed by atoms with van der Waals surface area (Å²) in [5, 5.41) is 0. The van der Waals surface area contributed by atoms with Gasteiger partial charge in [-0.1, -0.05) is 0 Å². The average molecular weight is 329 g/mol. The molecule has 0 saturated heterocycles. The molecule has 2 aromatic rings. The van der Waals surface area contributed by atoms with Crippen LogP contribution < -0.4 is 0 Å². The molecule has 0 aliphatic carbocycles. The maximum Gasteiger partial charge on any atom is 0.166 e. The van der Waals surface area contributed by atoms with Crippen molar-refractivity contribution in [3.05, 3.63) is 39.2 Å². The van der Waals surface area contributed by atoms with Gasteiger partial charge in [0.2, 0.25) is 0 Å². The first kappa shape index (κ1) is 11.4. The van der Waals surface area contributed by atoms with Crippen LogP contribution in [0.3, 0.4) is 0 Å². The number of aromatic nitrogens is 3. The Kier molecular flexibility index (Phi) is 3.13. The number of nitrogens with zero attached hydrogens (tertiary/aromatic N) is 3. The molecule has 16 heavy (non-hydrogen) atoms. The van der Waals surface area contributed by atoms with Crippen molar-refractivity contribution >= 4 is 22.6 Å². The molecule has 0 spiro atoms. The van der Waals surface area contributed by atoms with Crippen molar-refractivity contribution in [2.45, 2.75) is 13.8 Å². The van der Waals surface area contributed by atoms with Crippen molar-refractivity contribution in [1.82, 2.24) is 15.0 Å². The van der Waals surface area contributed by atoms with Crippen LogP contribution in [0.15, 0.2) is 18.2 Å². The van der Waals surface area contributed by atoms with Crippen LogP contribution in [0.1, 0.15) is 11.6 Å². The fourth-order valence-electron chi connectivity index (χ4n) is 1.40. The van der Waals surface area contributed by atoms with Gasteiger partial charge in [0.25, 0.3) is 0 Å². The minimum absolute atomic E-state index is 0.314. The fraction of sp³-hybridized carbons (Fsp3) is 0.182. The highest BCUT2D eigenvalue weighted by Gasteiger charge is 2.10. The summed E-state index contributed by atoms with van der Waals surface area (Å²) in [5.41, 5.74) is 0.417. The minimum Gasteiger partial charge on any atom is -0.219 e. The van der Waals surface area contributed by atoms with Gasteiger partial charge in [-0.2, -0.15) is 0 Å². The number of rotatable bonds is 1. The van der Waals surface area contributed by atoms with E-state index in [1.165, 1.54) is 6.07 Å². The molecular weight excluding hydrogens is 320 g/mol. The Morgan fingerprint density at radius 3 is 2.31 bits per heavy atom. The Balaban J connectivity index is 2.62. The largest absolute Gasteiger partial charge is 0.219 e. The van der Waals surface area contributed by atoms with Crippen LogP contribution in [-0.2, 0) is 0 Å². The van der Waals surface area contributed by atoms with Crippen LogP contribution in [-0.4, -0.2) is 15.0 Å². The van der Waals surface area contributed by atoms with Crippen LogP contribution >= 0.6 is 22.6 Å². The Labute approximate surface area is 106 Å². The molecule has 0 aliphatic heterocycles. The van der Waals surface area contributed by atoms with Gasteiger partial charge in [0.05, 0.1) is 5.56 Å². The van der Waals surface area contributed by atoms with Crippen molar-refractivity contribution in [1.29, 1.82) is 0 Å². The van der Waals surface area contributed by atoms with E-state index in [0.717, 1.165) is 3.57 Å². The fourth-order valence-corrected chi connectivity index (χ4v) is 1.90. The van der Waals surface area contributed by atoms with Crippen LogP contribution in [0, 0.1) is 23.2 Å². The summed E-state index contributed by atoms with van der Waals surface area (Å²) in [6, 6.07) is 4.86. The summed E-state index contributed by atoms with van der Waals surface area (Å²) in [6.45, 7) is 3.54. The molecule has 0 unspecified atom stereocenters. The van der Waals surface area contributed by atoms with E-state index in [1.54, 1.807) is 26.0 Å². The molecule has 0 aliphatic rings. The van der Waals surface area contributed by atoms with Gasteiger partial charge in [0.15, 0.2) is 5.82 Å². The number of halogens is 2. The van der Waals surface area contributed by atoms with Gasteiger partial charge in [0.1, 0.15) is 17.5 Å². The SMILES string of the molecule is Cc1nc(C)nc(-c2cc(I)ccc2F)n1. The third-order valence-corrected chi connectivity index (χ3v) is 2.70. The van der Waals surface area contributed by atoms with Gasteiger partial charge >= 0.3 is 0 Å². The van der Waals surface area contributed by atoms with E-state index in [-0.39, 0.29) is 5.82 Å². The minimum atomic E-state index is -0.314. The smallest absolute Gasteiger partial charge is 0.166 e. The lowest BCUT2D eigenvalue weighted by Gasteiger charge is -2.04. The Morgan fingerprint density at radius 1 is 1.06 bits per heavy atom. The lowest BCUT2D eigenvalue weighted by atomic mass is 10.2. The molecule has 1 aromatic heterocycles. The second kappa shape index (κ2) is 4.40. The molecule has 0 radical (unpaired) electrons. The van der Waals surface area contributed by atoms with Crippen LogP contribution in [0.2, 0.25) is 0 Å². The first-order chi connectivity index (χ1) is 7.56. The number of hydrogen-bond donors (Lipinski definition) is 0. The highest BCUT2D eigenvalue weighted by Crippen LogP contribution is 2.21. The first-order valence-corrected chi connectivity index (χ1v) is 5.79. The van der Waals surface area contributed by atoms with Crippen molar-refractivity contribution in [2.24, 2.45) is 0 Å². The second-order valence-electron chi connectivity index (χ2n) is 3.38. The van der Waals surface area contributed by atoms with Gasteiger partial charge < -0.3 is 0 Å². The van der Waals surface area contributed by atoms with Gasteiger partial charge in [-0.25, -0.2) is 19.3 Å². The van der Waals surface area contributed by atoms with Crippen molar-refractivity contribution in [3.63, 3.8) is 0 Å². The molecule has 0 N–H and O–H groups in total. The maximum absolute atomic E-state index is 13.6. The molecule has 82 valence electrons. The van der Waals surface area contributed by atoms with E-state index in [2.05, 4.69) is 37.5 Å². The summed E-state index contributed by atoms with van der Waals surface area (Å²) in [4.78, 5) is 12.3. The van der Waals surface area contributed by atoms with E-state index < -0.39 is 0 Å². The van der Waals surface area contributed by atoms with E-state index in [0.29, 0.717) is 23.0 Å². The highest BCUT2D eigenvalue weighted by atomic mass is 127. The monoisotopic (exact) mass is 329 g/mol. The molecule has 1 aromatic carbocycles. The molecule has 0 bridgehead atoms. The predicted octanol–water partition coefficient (Wildman–Crippen LogP) is 2.90. The predicted molar refractivity (Wildman–Crippen MR) is 67.4 cm³/mol. The summed E-state index contributed by atoms with van der Waals surface area (Å²) in [7, 11) is 0. The molecule has 0 amide bonds. The zero-order valence-electron chi connectivity index (χ0n) is 8.83. The van der Waals surface area contributed by atoms with Gasteiger partial charge in [-0.3, -0.25) is 0 Å². The van der Waals surface area contributed by atoms with Crippen molar-refractivity contribution in [3.8, 4) is 11.4 Å². The Morgan fingerprint density at radius 2 is 1.69 bits per heavy atom. The van der Waals surface area contributed by atoms with Crippen molar-refractivity contribution in [2.75, 3.05) is 0 Å². The standard InChI is InChI=1S/C11H9FIN3/c1-6-14-7(2)16-11(15-6)9-5-8(13)3-4-10(9)12/h3-5H,1-2H3. The van der Waals surface area contributed by atoms with Gasteiger partial charge in [-0.15, -0.1) is 0 Å². The summed E-state index contributed by atoms with van der Waals surface area (Å²) in [6.07, 6.45) is 0. The quantitative estimate of drug-likeness (QED) is 0.755. The lowest BCUT2D eigenvalue weighted by molar-refractivity contribution is 0.629. The normalized spacial score (nSPS) is 10.5. The topological polar surface area (TPSA) is 38.7 Å². The molecule has 0 atom stereocenters. The van der Waals surface area contributed by atoms with E-state index in [4.69, 9.17) is 0 Å². The number of aryl methyl sites for hydroxylation is 2. The van der Waals surface area contributed by atoms with Crippen LogP contribution in [0.5, 0.6) is 0 Å². The average Bonchev–Trinajstić information content (AvgIpc) is 2.20. The summed E-state index contributed by atoms with van der Waals surface area (Å²) < 4.78 is 14.6. The highest BCUT2D eigenvalue weighted by molar-refractivity contribution is 14.1. The Hall–Kier alpha value is -1.11. The van der Waals surface area contributed by atoms with Crippen molar-refractivity contribution < 1.29 is 4.39 Å². The molecule has 1 heterocycles. The molecule has 0 fully saturated rings. The number of benzene rings is 1. The molecule has 2 rings (SSSR count). The zero-order chi connectivity index (χ0) is 11.7. The third-order valence-electron chi connectivity index (χ3n) is 2.03. The molecule has 0 saturated carbocycles. The van der Waals surface area contributed by atoms with Crippen LogP contribution in [0.4, 0.5) is 4.39 Å². The van der Waals surface area contributed by atoms with Gasteiger partial charge in [-0.05, 0) is 54.6 Å². The molecular formula is C11H9FIN3. The van der Waals surface area contributed by atoms with E-state index in [9.17, 15) is 4.39 Å². The maximum atomic E-state index is 13.6. The first-order valence-electron chi connectivity index (χ1n) is 4.71. The summed E-state index contributed by atoms with van der Waals surface area (Å²) in [5.74, 6) is 1.27. The molecule has 3 nitrogen and oxygen atoms in total. The summed E-state index contributed by atoms with van der Waals surface area (Å²) >= 11 is 2.13. The van der Waals surface area contributed by atoms with E-state index >= 15 is 0 Å². The third kappa shape index (κ3) is 2.34. The lowest BCUT2D eigenvalue weighted by Crippen LogP contribution is -2.00. The number of hydrogen-bond acceptors (Lipinski definition) is 3. The zero-order valence-corrected chi connectivity index (χ0v) is 11.0.